The molecular weight excluding hydrogens is 270 g/mol. The van der Waals surface area contributed by atoms with Crippen molar-refractivity contribution in [2.45, 2.75) is 31.2 Å². The summed E-state index contributed by atoms with van der Waals surface area (Å²) in [6, 6.07) is 7.12. The molecule has 2 fully saturated rings. The SMILES string of the molecule is COc1cccc([C@@H]2C[C@H]2C(=O)N2CCC[C@H]2C(=O)O)c1. The van der Waals surface area contributed by atoms with Gasteiger partial charge in [-0.1, -0.05) is 12.1 Å². The minimum absolute atomic E-state index is 0.00674. The van der Waals surface area contributed by atoms with Gasteiger partial charge in [0.2, 0.25) is 5.91 Å². The third-order valence-corrected chi connectivity index (χ3v) is 4.45. The summed E-state index contributed by atoms with van der Waals surface area (Å²) in [5, 5.41) is 9.18. The monoisotopic (exact) mass is 289 g/mol. The van der Waals surface area contributed by atoms with E-state index in [1.807, 2.05) is 24.3 Å². The van der Waals surface area contributed by atoms with Crippen LogP contribution in [0.4, 0.5) is 0 Å². The molecule has 0 spiro atoms. The zero-order valence-electron chi connectivity index (χ0n) is 12.0. The lowest BCUT2D eigenvalue weighted by molar-refractivity contribution is -0.148. The molecule has 1 amide bonds. The summed E-state index contributed by atoms with van der Waals surface area (Å²) in [7, 11) is 1.62. The standard InChI is InChI=1S/C16H19NO4/c1-21-11-5-2-4-10(8-11)12-9-13(12)15(18)17-7-3-6-14(17)16(19)20/h2,4-5,8,12-14H,3,6-7,9H2,1H3,(H,19,20)/t12-,13+,14-/m0/s1. The van der Waals surface area contributed by atoms with Gasteiger partial charge >= 0.3 is 5.97 Å². The van der Waals surface area contributed by atoms with Crippen molar-refractivity contribution in [3.63, 3.8) is 0 Å². The van der Waals surface area contributed by atoms with E-state index in [-0.39, 0.29) is 17.7 Å². The Labute approximate surface area is 123 Å². The molecule has 1 aliphatic heterocycles. The maximum Gasteiger partial charge on any atom is 0.326 e. The highest BCUT2D eigenvalue weighted by atomic mass is 16.5. The van der Waals surface area contributed by atoms with Crippen LogP contribution in [0.25, 0.3) is 0 Å². The zero-order valence-corrected chi connectivity index (χ0v) is 12.0. The number of hydrogen-bond acceptors (Lipinski definition) is 3. The van der Waals surface area contributed by atoms with E-state index < -0.39 is 12.0 Å². The smallest absolute Gasteiger partial charge is 0.326 e. The van der Waals surface area contributed by atoms with Gasteiger partial charge in [0, 0.05) is 12.5 Å². The van der Waals surface area contributed by atoms with Crippen LogP contribution < -0.4 is 4.74 Å². The van der Waals surface area contributed by atoms with Crippen LogP contribution in [0.15, 0.2) is 24.3 Å². The van der Waals surface area contributed by atoms with E-state index in [0.29, 0.717) is 13.0 Å². The fourth-order valence-corrected chi connectivity index (χ4v) is 3.21. The highest BCUT2D eigenvalue weighted by Gasteiger charge is 2.48. The summed E-state index contributed by atoms with van der Waals surface area (Å²) in [6.07, 6.45) is 2.14. The minimum atomic E-state index is -0.889. The molecule has 0 aromatic heterocycles. The number of benzene rings is 1. The summed E-state index contributed by atoms with van der Waals surface area (Å²) >= 11 is 0. The average Bonchev–Trinajstić information content (AvgIpc) is 3.14. The molecule has 1 saturated carbocycles. The molecule has 1 heterocycles. The van der Waals surface area contributed by atoms with Crippen LogP contribution in [0.1, 0.15) is 30.7 Å². The minimum Gasteiger partial charge on any atom is -0.497 e. The average molecular weight is 289 g/mol. The molecule has 0 radical (unpaired) electrons. The van der Waals surface area contributed by atoms with Gasteiger partial charge in [-0.2, -0.15) is 0 Å². The Balaban J connectivity index is 1.69. The molecular formula is C16H19NO4. The Morgan fingerprint density at radius 1 is 1.38 bits per heavy atom. The van der Waals surface area contributed by atoms with Crippen LogP contribution in [0.3, 0.4) is 0 Å². The summed E-state index contributed by atoms with van der Waals surface area (Å²) in [5.74, 6) is 0.0158. The number of carbonyl (C=O) groups is 2. The number of ether oxygens (including phenoxy) is 1. The number of amides is 1. The number of rotatable bonds is 4. The van der Waals surface area contributed by atoms with E-state index in [9.17, 15) is 14.7 Å². The van der Waals surface area contributed by atoms with Gasteiger partial charge in [-0.05, 0) is 42.9 Å². The van der Waals surface area contributed by atoms with Gasteiger partial charge in [0.1, 0.15) is 11.8 Å². The molecule has 21 heavy (non-hydrogen) atoms. The first kappa shape index (κ1) is 13.9. The van der Waals surface area contributed by atoms with Crippen molar-refractivity contribution in [3.8, 4) is 5.75 Å². The van der Waals surface area contributed by atoms with Crippen LogP contribution in [-0.4, -0.2) is 41.6 Å². The second kappa shape index (κ2) is 5.39. The molecule has 112 valence electrons. The number of methoxy groups -OCH3 is 1. The van der Waals surface area contributed by atoms with Crippen molar-refractivity contribution in [1.29, 1.82) is 0 Å². The number of hydrogen-bond donors (Lipinski definition) is 1. The van der Waals surface area contributed by atoms with Gasteiger partial charge < -0.3 is 14.7 Å². The maximum absolute atomic E-state index is 12.5. The van der Waals surface area contributed by atoms with Crippen molar-refractivity contribution in [2.24, 2.45) is 5.92 Å². The predicted molar refractivity (Wildman–Crippen MR) is 76.2 cm³/mol. The van der Waals surface area contributed by atoms with Gasteiger partial charge in [-0.3, -0.25) is 4.79 Å². The lowest BCUT2D eigenvalue weighted by Crippen LogP contribution is -2.41. The molecule has 0 unspecified atom stereocenters. The van der Waals surface area contributed by atoms with Crippen molar-refractivity contribution in [3.05, 3.63) is 29.8 Å². The van der Waals surface area contributed by atoms with Gasteiger partial charge in [0.15, 0.2) is 0 Å². The second-order valence-corrected chi connectivity index (χ2v) is 5.75. The summed E-state index contributed by atoms with van der Waals surface area (Å²) in [4.78, 5) is 25.2. The predicted octanol–water partition coefficient (Wildman–Crippen LogP) is 1.87. The Hall–Kier alpha value is -2.04. The van der Waals surface area contributed by atoms with E-state index >= 15 is 0 Å². The molecule has 3 rings (SSSR count). The Morgan fingerprint density at radius 2 is 2.19 bits per heavy atom. The highest BCUT2D eigenvalue weighted by molar-refractivity contribution is 5.88. The fourth-order valence-electron chi connectivity index (χ4n) is 3.21. The van der Waals surface area contributed by atoms with Gasteiger partial charge in [0.25, 0.3) is 0 Å². The molecule has 5 heteroatoms. The number of aliphatic carboxylic acids is 1. The van der Waals surface area contributed by atoms with Crippen LogP contribution in [-0.2, 0) is 9.59 Å². The lowest BCUT2D eigenvalue weighted by atomic mass is 10.1. The fraction of sp³-hybridized carbons (Fsp3) is 0.500. The first-order chi connectivity index (χ1) is 10.1. The third-order valence-electron chi connectivity index (χ3n) is 4.45. The van der Waals surface area contributed by atoms with E-state index in [4.69, 9.17) is 4.74 Å². The van der Waals surface area contributed by atoms with Crippen molar-refractivity contribution in [1.82, 2.24) is 4.90 Å². The molecule has 0 bridgehead atoms. The van der Waals surface area contributed by atoms with E-state index in [2.05, 4.69) is 0 Å². The summed E-state index contributed by atoms with van der Waals surface area (Å²) in [6.45, 7) is 0.567. The second-order valence-electron chi connectivity index (χ2n) is 5.75. The lowest BCUT2D eigenvalue weighted by Gasteiger charge is -2.21. The van der Waals surface area contributed by atoms with Crippen molar-refractivity contribution >= 4 is 11.9 Å². The molecule has 3 atom stereocenters. The summed E-state index contributed by atoms with van der Waals surface area (Å²) < 4.78 is 5.20. The molecule has 1 N–H and O–H groups in total. The Bertz CT molecular complexity index is 571. The van der Waals surface area contributed by atoms with Crippen LogP contribution in [0.2, 0.25) is 0 Å². The largest absolute Gasteiger partial charge is 0.497 e. The van der Waals surface area contributed by atoms with Gasteiger partial charge in [-0.25, -0.2) is 4.79 Å². The van der Waals surface area contributed by atoms with Gasteiger partial charge in [-0.15, -0.1) is 0 Å². The Morgan fingerprint density at radius 3 is 2.90 bits per heavy atom. The maximum atomic E-state index is 12.5. The molecule has 1 aromatic rings. The third kappa shape index (κ3) is 2.60. The number of nitrogens with zero attached hydrogens (tertiary/aromatic N) is 1. The number of likely N-dealkylation sites (tertiary alicyclic amines) is 1. The summed E-state index contributed by atoms with van der Waals surface area (Å²) in [5.41, 5.74) is 1.10. The zero-order chi connectivity index (χ0) is 15.0. The van der Waals surface area contributed by atoms with Crippen LogP contribution in [0, 0.1) is 5.92 Å². The van der Waals surface area contributed by atoms with Crippen molar-refractivity contribution in [2.75, 3.05) is 13.7 Å². The Kier molecular flexibility index (Phi) is 3.57. The van der Waals surface area contributed by atoms with E-state index in [0.717, 1.165) is 24.2 Å². The van der Waals surface area contributed by atoms with E-state index in [1.54, 1.807) is 12.0 Å². The number of carboxylic acids is 1. The first-order valence-electron chi connectivity index (χ1n) is 7.29. The number of carboxylic acid groups (broad SMARTS) is 1. The molecule has 2 aliphatic rings. The molecule has 1 saturated heterocycles. The topological polar surface area (TPSA) is 66.8 Å². The number of carbonyl (C=O) groups excluding carboxylic acids is 1. The molecule has 1 aliphatic carbocycles. The normalized spacial score (nSPS) is 27.5. The van der Waals surface area contributed by atoms with Crippen molar-refractivity contribution < 1.29 is 19.4 Å². The highest BCUT2D eigenvalue weighted by Crippen LogP contribution is 2.49. The quantitative estimate of drug-likeness (QED) is 0.919. The van der Waals surface area contributed by atoms with Gasteiger partial charge in [0.05, 0.1) is 7.11 Å². The molecule has 5 nitrogen and oxygen atoms in total. The molecule has 1 aromatic carbocycles. The first-order valence-corrected chi connectivity index (χ1v) is 7.29. The van der Waals surface area contributed by atoms with Crippen LogP contribution in [0.5, 0.6) is 5.75 Å². The van der Waals surface area contributed by atoms with Crippen LogP contribution >= 0.6 is 0 Å². The van der Waals surface area contributed by atoms with E-state index in [1.165, 1.54) is 0 Å².